The minimum atomic E-state index is 0.320. The summed E-state index contributed by atoms with van der Waals surface area (Å²) in [5.74, 6) is 0. The quantitative estimate of drug-likeness (QED) is 0.734. The van der Waals surface area contributed by atoms with Gasteiger partial charge in [0.05, 0.1) is 19.6 Å². The highest BCUT2D eigenvalue weighted by atomic mass is 79.9. The molecule has 0 fully saturated rings. The molecule has 1 atom stereocenters. The van der Waals surface area contributed by atoms with Crippen LogP contribution in [0.5, 0.6) is 0 Å². The van der Waals surface area contributed by atoms with Crippen LogP contribution in [0.3, 0.4) is 0 Å². The highest BCUT2D eigenvalue weighted by Crippen LogP contribution is 2.30. The summed E-state index contributed by atoms with van der Waals surface area (Å²) < 4.78 is 4.40. The number of hydrogen-bond acceptors (Lipinski definition) is 3. The summed E-state index contributed by atoms with van der Waals surface area (Å²) in [4.78, 5) is 0. The van der Waals surface area contributed by atoms with Crippen molar-refractivity contribution in [3.63, 3.8) is 0 Å². The molecule has 0 bridgehead atoms. The monoisotopic (exact) mass is 419 g/mol. The van der Waals surface area contributed by atoms with Crippen molar-refractivity contribution in [2.75, 3.05) is 6.54 Å². The van der Waals surface area contributed by atoms with Crippen LogP contribution in [0.15, 0.2) is 19.7 Å². The van der Waals surface area contributed by atoms with E-state index < -0.39 is 0 Å². The number of nitrogens with zero attached hydrogens (tertiary/aromatic N) is 2. The summed E-state index contributed by atoms with van der Waals surface area (Å²) in [7, 11) is 0. The molecule has 6 heteroatoms. The van der Waals surface area contributed by atoms with Gasteiger partial charge in [0.2, 0.25) is 0 Å². The molecule has 20 heavy (non-hydrogen) atoms. The van der Waals surface area contributed by atoms with Crippen LogP contribution < -0.4 is 5.32 Å². The minimum Gasteiger partial charge on any atom is -0.310 e. The third-order valence-corrected chi connectivity index (χ3v) is 5.85. The molecule has 0 saturated heterocycles. The van der Waals surface area contributed by atoms with E-state index in [9.17, 15) is 0 Å². The minimum absolute atomic E-state index is 0.320. The summed E-state index contributed by atoms with van der Waals surface area (Å²) in [5.41, 5.74) is 3.65. The van der Waals surface area contributed by atoms with Crippen molar-refractivity contribution in [3.8, 4) is 0 Å². The lowest BCUT2D eigenvalue weighted by molar-refractivity contribution is 0.516. The highest BCUT2D eigenvalue weighted by molar-refractivity contribution is 9.11. The average molecular weight is 421 g/mol. The maximum absolute atomic E-state index is 4.58. The van der Waals surface area contributed by atoms with Gasteiger partial charge in [-0.3, -0.25) is 4.68 Å². The number of aryl methyl sites for hydroxylation is 2. The van der Waals surface area contributed by atoms with E-state index in [0.29, 0.717) is 6.04 Å². The van der Waals surface area contributed by atoms with Crippen molar-refractivity contribution in [2.24, 2.45) is 0 Å². The Labute approximate surface area is 141 Å². The van der Waals surface area contributed by atoms with E-state index in [1.54, 1.807) is 11.3 Å². The predicted molar refractivity (Wildman–Crippen MR) is 92.5 cm³/mol. The first-order valence-corrected chi connectivity index (χ1v) is 9.22. The van der Waals surface area contributed by atoms with Crippen molar-refractivity contribution in [2.45, 2.75) is 39.8 Å². The summed E-state index contributed by atoms with van der Waals surface area (Å²) in [6.07, 6.45) is 0.937. The van der Waals surface area contributed by atoms with Crippen LogP contribution in [-0.4, -0.2) is 16.3 Å². The smallest absolute Gasteiger partial charge is 0.0738 e. The van der Waals surface area contributed by atoms with Gasteiger partial charge in [-0.1, -0.05) is 6.92 Å². The molecule has 3 nitrogen and oxygen atoms in total. The molecule has 0 aliphatic heterocycles. The third kappa shape index (κ3) is 3.53. The first kappa shape index (κ1) is 16.2. The van der Waals surface area contributed by atoms with Crippen molar-refractivity contribution in [1.29, 1.82) is 0 Å². The fourth-order valence-corrected chi connectivity index (χ4v) is 3.99. The molecule has 0 radical (unpaired) electrons. The van der Waals surface area contributed by atoms with Crippen LogP contribution in [0, 0.1) is 6.92 Å². The number of likely N-dealkylation sites (N-methyl/N-ethyl adjacent to an activating group) is 1. The van der Waals surface area contributed by atoms with Crippen molar-refractivity contribution < 1.29 is 0 Å². The van der Waals surface area contributed by atoms with Crippen LogP contribution in [-0.2, 0) is 13.0 Å². The second kappa shape index (κ2) is 7.20. The van der Waals surface area contributed by atoms with Gasteiger partial charge in [0, 0.05) is 19.0 Å². The van der Waals surface area contributed by atoms with Gasteiger partial charge < -0.3 is 5.32 Å². The predicted octanol–water partition coefficient (Wildman–Crippen LogP) is 4.69. The fraction of sp³-hybridized carbons (Fsp3) is 0.500. The zero-order valence-electron chi connectivity index (χ0n) is 11.9. The van der Waals surface area contributed by atoms with Gasteiger partial charge in [0.25, 0.3) is 0 Å². The summed E-state index contributed by atoms with van der Waals surface area (Å²) in [5, 5.41) is 10.4. The Kier molecular flexibility index (Phi) is 5.84. The van der Waals surface area contributed by atoms with Gasteiger partial charge in [-0.15, -0.1) is 11.3 Å². The van der Waals surface area contributed by atoms with Gasteiger partial charge in [-0.2, -0.15) is 5.10 Å². The molecule has 2 aromatic heterocycles. The molecule has 0 aromatic carbocycles. The van der Waals surface area contributed by atoms with Crippen molar-refractivity contribution >= 4 is 43.2 Å². The average Bonchev–Trinajstić information content (AvgIpc) is 2.96. The lowest BCUT2D eigenvalue weighted by atomic mass is 10.0. The lowest BCUT2D eigenvalue weighted by Crippen LogP contribution is -2.23. The Morgan fingerprint density at radius 3 is 2.70 bits per heavy atom. The number of nitrogens with one attached hydrogen (secondary N) is 1. The molecule has 0 aliphatic rings. The molecule has 0 amide bonds. The molecular formula is C14H19Br2N3S. The van der Waals surface area contributed by atoms with Crippen LogP contribution in [0.25, 0.3) is 0 Å². The molecule has 0 saturated carbocycles. The van der Waals surface area contributed by atoms with E-state index in [-0.39, 0.29) is 0 Å². The SMILES string of the molecule is CCNC(Cc1c(Br)c(C)nn1CC)c1csc(Br)c1. The van der Waals surface area contributed by atoms with Crippen molar-refractivity contribution in [3.05, 3.63) is 36.7 Å². The maximum Gasteiger partial charge on any atom is 0.0738 e. The number of rotatable bonds is 6. The molecule has 2 aromatic rings. The van der Waals surface area contributed by atoms with Gasteiger partial charge in [-0.05, 0) is 69.3 Å². The summed E-state index contributed by atoms with van der Waals surface area (Å²) >= 11 is 8.96. The maximum atomic E-state index is 4.58. The van der Waals surface area contributed by atoms with Crippen LogP contribution in [0.4, 0.5) is 0 Å². The second-order valence-corrected chi connectivity index (χ2v) is 7.74. The molecule has 0 aliphatic carbocycles. The molecule has 0 spiro atoms. The van der Waals surface area contributed by atoms with Crippen LogP contribution in [0.1, 0.15) is 36.8 Å². The first-order valence-electron chi connectivity index (χ1n) is 6.75. The molecule has 2 heterocycles. The Bertz CT molecular complexity index is 577. The fourth-order valence-electron chi connectivity index (χ4n) is 2.32. The van der Waals surface area contributed by atoms with E-state index in [1.165, 1.54) is 15.0 Å². The number of halogens is 2. The van der Waals surface area contributed by atoms with E-state index in [0.717, 1.165) is 29.7 Å². The molecule has 1 unspecified atom stereocenters. The van der Waals surface area contributed by atoms with E-state index in [1.807, 2.05) is 6.92 Å². The number of aromatic nitrogens is 2. The van der Waals surface area contributed by atoms with Gasteiger partial charge in [-0.25, -0.2) is 0 Å². The van der Waals surface area contributed by atoms with Crippen LogP contribution >= 0.6 is 43.2 Å². The van der Waals surface area contributed by atoms with E-state index >= 15 is 0 Å². The highest BCUT2D eigenvalue weighted by Gasteiger charge is 2.19. The lowest BCUT2D eigenvalue weighted by Gasteiger charge is -2.18. The molecule has 110 valence electrons. The second-order valence-electron chi connectivity index (χ2n) is 4.66. The number of thiophene rings is 1. The Balaban J connectivity index is 2.28. The summed E-state index contributed by atoms with van der Waals surface area (Å²) in [6.45, 7) is 8.17. The Hall–Kier alpha value is -0.170. The zero-order chi connectivity index (χ0) is 14.7. The van der Waals surface area contributed by atoms with E-state index in [4.69, 9.17) is 0 Å². The van der Waals surface area contributed by atoms with E-state index in [2.05, 4.69) is 72.3 Å². The number of hydrogen-bond donors (Lipinski definition) is 1. The van der Waals surface area contributed by atoms with Crippen LogP contribution in [0.2, 0.25) is 0 Å². The molecular weight excluding hydrogens is 402 g/mol. The normalized spacial score (nSPS) is 12.8. The zero-order valence-corrected chi connectivity index (χ0v) is 15.9. The molecule has 1 N–H and O–H groups in total. The third-order valence-electron chi connectivity index (χ3n) is 3.29. The largest absolute Gasteiger partial charge is 0.310 e. The summed E-state index contributed by atoms with van der Waals surface area (Å²) in [6, 6.07) is 2.52. The van der Waals surface area contributed by atoms with Gasteiger partial charge >= 0.3 is 0 Å². The standard InChI is InChI=1S/C14H19Br2N3S/c1-4-17-11(10-6-13(15)20-8-10)7-12-14(16)9(3)18-19(12)5-2/h6,8,11,17H,4-5,7H2,1-3H3. The van der Waals surface area contributed by atoms with Gasteiger partial charge in [0.15, 0.2) is 0 Å². The topological polar surface area (TPSA) is 29.9 Å². The Morgan fingerprint density at radius 2 is 2.15 bits per heavy atom. The van der Waals surface area contributed by atoms with Gasteiger partial charge in [0.1, 0.15) is 0 Å². The van der Waals surface area contributed by atoms with Crippen molar-refractivity contribution in [1.82, 2.24) is 15.1 Å². The molecule has 2 rings (SSSR count). The first-order chi connectivity index (χ1) is 9.56. The Morgan fingerprint density at radius 1 is 1.40 bits per heavy atom.